The van der Waals surface area contributed by atoms with E-state index in [0.29, 0.717) is 6.42 Å². The van der Waals surface area contributed by atoms with Crippen LogP contribution >= 0.6 is 0 Å². The first-order valence-corrected chi connectivity index (χ1v) is 8.65. The number of hydrogen-bond acceptors (Lipinski definition) is 8. The molecule has 0 saturated heterocycles. The molecule has 0 radical (unpaired) electrons. The summed E-state index contributed by atoms with van der Waals surface area (Å²) in [6, 6.07) is 6.91. The van der Waals surface area contributed by atoms with Crippen LogP contribution in [-0.4, -0.2) is 76.6 Å². The van der Waals surface area contributed by atoms with Crippen LogP contribution in [0, 0.1) is 0 Å². The molecule has 1 unspecified atom stereocenters. The minimum atomic E-state index is -3.80. The van der Waals surface area contributed by atoms with Gasteiger partial charge in [0.25, 0.3) is 10.1 Å². The van der Waals surface area contributed by atoms with Gasteiger partial charge in [-0.1, -0.05) is 18.2 Å². The largest absolute Gasteiger partial charge is 2.00 e. The van der Waals surface area contributed by atoms with Gasteiger partial charge in [0.1, 0.15) is 6.04 Å². The maximum Gasteiger partial charge on any atom is 2.00 e. The number of rotatable bonds is 5. The normalized spacial score (nSPS) is 11.1. The molecule has 0 aliphatic carbocycles. The van der Waals surface area contributed by atoms with Crippen molar-refractivity contribution in [3.63, 3.8) is 0 Å². The minimum Gasteiger partial charge on any atom is -0.652 e. The van der Waals surface area contributed by atoms with Crippen molar-refractivity contribution >= 4 is 56.2 Å². The maximum atomic E-state index is 10.6. The monoisotopic (exact) mass is 413 g/mol. The molecule has 1 aromatic heterocycles. The number of nitrogens with two attached hydrogens (primary N) is 2. The van der Waals surface area contributed by atoms with E-state index < -0.39 is 28.3 Å². The molecule has 0 aliphatic heterocycles. The Balaban J connectivity index is 0. The first-order chi connectivity index (χ1) is 12.0. The zero-order valence-corrected chi connectivity index (χ0v) is 16.4. The average molecular weight is 414 g/mol. The van der Waals surface area contributed by atoms with Crippen LogP contribution in [0.2, 0.25) is 0 Å². The first-order valence-electron chi connectivity index (χ1n) is 7.04. The van der Waals surface area contributed by atoms with E-state index in [1.165, 1.54) is 0 Å². The summed E-state index contributed by atoms with van der Waals surface area (Å²) < 4.78 is 27.3. The van der Waals surface area contributed by atoms with Crippen molar-refractivity contribution < 1.29 is 37.9 Å². The van der Waals surface area contributed by atoms with Crippen molar-refractivity contribution in [1.29, 1.82) is 0 Å². The number of H-pyrrole nitrogens is 1. The molecule has 2 aromatic rings. The zero-order valence-electron chi connectivity index (χ0n) is 14.2. The molecule has 146 valence electrons. The van der Waals surface area contributed by atoms with Gasteiger partial charge in [-0.3, -0.25) is 9.35 Å². The SMILES string of the molecule is NC(Cc1c[nH]c2ccccc12)C(=O)O.NCCS(=O)(=O)O.O=C([O-])[O-].[Mg+2]. The molecule has 0 spiro atoms. The molecule has 7 N–H and O–H groups in total. The molecule has 0 amide bonds. The Kier molecular flexibility index (Phi) is 13.4. The Bertz CT molecular complexity index is 821. The van der Waals surface area contributed by atoms with Gasteiger partial charge in [-0.15, -0.1) is 0 Å². The summed E-state index contributed by atoms with van der Waals surface area (Å²) in [6.07, 6.45) is -0.174. The number of carboxylic acids is 1. The van der Waals surface area contributed by atoms with Crippen LogP contribution in [-0.2, 0) is 21.3 Å². The van der Waals surface area contributed by atoms with Crippen LogP contribution < -0.4 is 21.7 Å². The number of para-hydroxylation sites is 1. The van der Waals surface area contributed by atoms with E-state index in [-0.39, 0.29) is 35.4 Å². The Morgan fingerprint density at radius 2 is 1.74 bits per heavy atom. The summed E-state index contributed by atoms with van der Waals surface area (Å²) in [7, 11) is -3.80. The van der Waals surface area contributed by atoms with Crippen molar-refractivity contribution in [2.75, 3.05) is 12.3 Å². The molecule has 1 heterocycles. The summed E-state index contributed by atoms with van der Waals surface area (Å²) in [5.74, 6) is -1.33. The van der Waals surface area contributed by atoms with Crippen LogP contribution in [0.3, 0.4) is 0 Å². The summed E-state index contributed by atoms with van der Waals surface area (Å²) in [5.41, 5.74) is 12.2. The molecule has 0 fully saturated rings. The zero-order chi connectivity index (χ0) is 20.3. The van der Waals surface area contributed by atoms with Gasteiger partial charge in [0.2, 0.25) is 0 Å². The number of nitrogens with one attached hydrogen (secondary N) is 1. The third-order valence-corrected chi connectivity index (χ3v) is 3.56. The van der Waals surface area contributed by atoms with E-state index in [1.54, 1.807) is 0 Å². The van der Waals surface area contributed by atoms with E-state index >= 15 is 0 Å². The van der Waals surface area contributed by atoms with Gasteiger partial charge in [0, 0.05) is 30.1 Å². The second kappa shape index (κ2) is 13.3. The van der Waals surface area contributed by atoms with Crippen molar-refractivity contribution in [3.05, 3.63) is 36.0 Å². The van der Waals surface area contributed by atoms with Crippen molar-refractivity contribution in [2.24, 2.45) is 11.5 Å². The number of hydrogen-bond donors (Lipinski definition) is 5. The van der Waals surface area contributed by atoms with Gasteiger partial charge in [-0.2, -0.15) is 8.42 Å². The summed E-state index contributed by atoms with van der Waals surface area (Å²) in [4.78, 5) is 22.0. The standard InChI is InChI=1S/C11H12N2O2.C2H7NO3S.CH2O3.Mg/c12-9(11(14)15)5-7-6-13-10-4-2-1-3-8(7)10;3-1-2-7(4,5)6;2-1(3)4;/h1-4,6,9,13H,5,12H2,(H,14,15);1-3H2,(H,4,5,6);(H2,2,3,4);/q;;;+2/p-2. The number of carbonyl (C=O) groups is 2. The van der Waals surface area contributed by atoms with Crippen molar-refractivity contribution in [1.82, 2.24) is 4.98 Å². The molecule has 11 nitrogen and oxygen atoms in total. The molecule has 0 saturated carbocycles. The molecule has 13 heteroatoms. The van der Waals surface area contributed by atoms with Gasteiger partial charge in [-0.05, 0) is 17.8 Å². The Morgan fingerprint density at radius 1 is 1.22 bits per heavy atom. The van der Waals surface area contributed by atoms with E-state index in [1.807, 2.05) is 30.5 Å². The third-order valence-electron chi connectivity index (χ3n) is 2.81. The molecule has 1 aromatic carbocycles. The molecule has 27 heavy (non-hydrogen) atoms. The smallest absolute Gasteiger partial charge is 0.652 e. The fourth-order valence-corrected chi connectivity index (χ4v) is 2.07. The minimum absolute atomic E-state index is 0. The second-order valence-electron chi connectivity index (χ2n) is 4.83. The van der Waals surface area contributed by atoms with Gasteiger partial charge >= 0.3 is 29.0 Å². The predicted octanol–water partition coefficient (Wildman–Crippen LogP) is -2.87. The third kappa shape index (κ3) is 13.0. The molecule has 1 atom stereocenters. The Morgan fingerprint density at radius 3 is 2.15 bits per heavy atom. The number of carbonyl (C=O) groups excluding carboxylic acids is 1. The van der Waals surface area contributed by atoms with Crippen LogP contribution in [0.5, 0.6) is 0 Å². The fourth-order valence-electron chi connectivity index (χ4n) is 1.77. The first kappa shape index (κ1) is 27.3. The number of aliphatic carboxylic acids is 1. The molecule has 0 aliphatic rings. The van der Waals surface area contributed by atoms with Gasteiger partial charge in [-0.25, -0.2) is 0 Å². The Hall–Kier alpha value is -1.90. The predicted molar refractivity (Wildman–Crippen MR) is 94.2 cm³/mol. The van der Waals surface area contributed by atoms with Gasteiger partial charge in [0.05, 0.1) is 5.75 Å². The quantitative estimate of drug-likeness (QED) is 0.248. The molecular formula is C14H19MgN3O8S. The number of carboxylic acid groups (broad SMARTS) is 3. The van der Waals surface area contributed by atoms with Crippen LogP contribution in [0.1, 0.15) is 5.56 Å². The van der Waals surface area contributed by atoms with Crippen LogP contribution in [0.15, 0.2) is 30.5 Å². The van der Waals surface area contributed by atoms with Gasteiger partial charge in [0.15, 0.2) is 0 Å². The topological polar surface area (TPSA) is 223 Å². The summed E-state index contributed by atoms with van der Waals surface area (Å²) in [6.45, 7) is -0.0289. The number of fused-ring (bicyclic) bond motifs is 1. The second-order valence-corrected chi connectivity index (χ2v) is 6.41. The average Bonchev–Trinajstić information content (AvgIpc) is 2.89. The molecule has 0 bridgehead atoms. The number of aromatic nitrogens is 1. The number of benzene rings is 1. The van der Waals surface area contributed by atoms with E-state index in [9.17, 15) is 13.2 Å². The van der Waals surface area contributed by atoms with Crippen LogP contribution in [0.4, 0.5) is 4.79 Å². The Labute approximate surface area is 171 Å². The maximum absolute atomic E-state index is 10.6. The van der Waals surface area contributed by atoms with Crippen LogP contribution in [0.25, 0.3) is 10.9 Å². The van der Waals surface area contributed by atoms with Crippen molar-refractivity contribution in [3.8, 4) is 0 Å². The summed E-state index contributed by atoms with van der Waals surface area (Å²) >= 11 is 0. The van der Waals surface area contributed by atoms with E-state index in [4.69, 9.17) is 36.1 Å². The summed E-state index contributed by atoms with van der Waals surface area (Å²) in [5, 5.41) is 26.4. The molecule has 2 rings (SSSR count). The van der Waals surface area contributed by atoms with E-state index in [0.717, 1.165) is 16.5 Å². The van der Waals surface area contributed by atoms with Gasteiger partial charge < -0.3 is 36.6 Å². The van der Waals surface area contributed by atoms with E-state index in [2.05, 4.69) is 4.98 Å². The van der Waals surface area contributed by atoms with Crippen molar-refractivity contribution in [2.45, 2.75) is 12.5 Å². The molecular weight excluding hydrogens is 395 g/mol. The number of aromatic amines is 1. The fraction of sp³-hybridized carbons (Fsp3) is 0.286.